The molecule has 0 spiro atoms. The molecule has 0 saturated heterocycles. The van der Waals surface area contributed by atoms with Crippen LogP contribution < -0.4 is 9.80 Å². The number of aromatic hydroxyl groups is 2. The summed E-state index contributed by atoms with van der Waals surface area (Å²) in [5.41, 5.74) is 5.94. The third kappa shape index (κ3) is 5.91. The Labute approximate surface area is 257 Å². The highest BCUT2D eigenvalue weighted by atomic mass is 16.3. The minimum atomic E-state index is -1.22. The van der Waals surface area contributed by atoms with Crippen molar-refractivity contribution in [2.24, 2.45) is 0 Å². The van der Waals surface area contributed by atoms with E-state index in [1.54, 1.807) is 18.2 Å². The monoisotopic (exact) mass is 588 g/mol. The molecule has 0 aromatic heterocycles. The standard InChI is InChI=1S/C37H36N2O5/c1-22-33(35-29(40)18-25(19-30(35)41)8-6-23-10-14-27(15-11-23)38(2)3)37(44)34(22)36-31(42)20-26(21-32(36)43)9-7-24-12-16-28(17-13-24)39(4)5/h6-21,29,40-44H,1H2,2-5H3/b8-6+,9-7+,35-33?. The van der Waals surface area contributed by atoms with Crippen molar-refractivity contribution in [1.29, 1.82) is 0 Å². The minimum absolute atomic E-state index is 0.0255. The summed E-state index contributed by atoms with van der Waals surface area (Å²) in [5, 5.41) is 54.5. The molecule has 0 aliphatic heterocycles. The van der Waals surface area contributed by atoms with Crippen molar-refractivity contribution >= 4 is 35.2 Å². The molecule has 7 nitrogen and oxygen atoms in total. The molecule has 44 heavy (non-hydrogen) atoms. The molecule has 0 fully saturated rings. The van der Waals surface area contributed by atoms with Gasteiger partial charge >= 0.3 is 0 Å². The molecule has 3 aromatic carbocycles. The largest absolute Gasteiger partial charge is 0.508 e. The summed E-state index contributed by atoms with van der Waals surface area (Å²) in [6.45, 7) is 4.01. The number of aliphatic hydroxyl groups excluding tert-OH is 3. The molecule has 5 N–H and O–H groups in total. The Morgan fingerprint density at radius 2 is 1.14 bits per heavy atom. The van der Waals surface area contributed by atoms with Gasteiger partial charge in [-0.25, -0.2) is 0 Å². The Kier molecular flexibility index (Phi) is 8.25. The molecule has 0 saturated carbocycles. The number of hydrogen-bond acceptors (Lipinski definition) is 7. The van der Waals surface area contributed by atoms with Crippen molar-refractivity contribution in [2.45, 2.75) is 6.10 Å². The van der Waals surface area contributed by atoms with Crippen molar-refractivity contribution in [3.8, 4) is 11.5 Å². The molecular weight excluding hydrogens is 552 g/mol. The van der Waals surface area contributed by atoms with Crippen LogP contribution in [0.25, 0.3) is 23.8 Å². The molecule has 2 aliphatic rings. The van der Waals surface area contributed by atoms with E-state index < -0.39 is 6.10 Å². The van der Waals surface area contributed by atoms with Gasteiger partial charge in [-0.15, -0.1) is 0 Å². The molecule has 2 aliphatic carbocycles. The zero-order valence-electron chi connectivity index (χ0n) is 25.2. The van der Waals surface area contributed by atoms with Gasteiger partial charge in [-0.2, -0.15) is 0 Å². The fourth-order valence-electron chi connectivity index (χ4n) is 5.25. The molecular formula is C37H36N2O5. The second-order valence-corrected chi connectivity index (χ2v) is 11.2. The lowest BCUT2D eigenvalue weighted by atomic mass is 9.75. The molecule has 0 amide bonds. The van der Waals surface area contributed by atoms with Gasteiger partial charge in [0.1, 0.15) is 29.1 Å². The third-order valence-electron chi connectivity index (χ3n) is 7.70. The first kappa shape index (κ1) is 30.1. The van der Waals surface area contributed by atoms with Gasteiger partial charge in [0.15, 0.2) is 0 Å². The van der Waals surface area contributed by atoms with Gasteiger partial charge in [0, 0.05) is 56.3 Å². The summed E-state index contributed by atoms with van der Waals surface area (Å²) in [7, 11) is 7.88. The first-order valence-corrected chi connectivity index (χ1v) is 14.1. The lowest BCUT2D eigenvalue weighted by Crippen LogP contribution is -2.22. The summed E-state index contributed by atoms with van der Waals surface area (Å²) >= 11 is 0. The van der Waals surface area contributed by atoms with Crippen molar-refractivity contribution < 1.29 is 25.5 Å². The van der Waals surface area contributed by atoms with Gasteiger partial charge in [-0.05, 0) is 76.4 Å². The van der Waals surface area contributed by atoms with Crippen molar-refractivity contribution in [1.82, 2.24) is 0 Å². The number of allylic oxidation sites excluding steroid dienone is 5. The van der Waals surface area contributed by atoms with Crippen LogP contribution in [0.1, 0.15) is 22.3 Å². The molecule has 3 aromatic rings. The predicted molar refractivity (Wildman–Crippen MR) is 180 cm³/mol. The van der Waals surface area contributed by atoms with E-state index in [0.717, 1.165) is 22.5 Å². The van der Waals surface area contributed by atoms with Crippen LogP contribution in [-0.2, 0) is 0 Å². The van der Waals surface area contributed by atoms with E-state index in [1.165, 1.54) is 18.2 Å². The van der Waals surface area contributed by atoms with Crippen LogP contribution in [0.15, 0.2) is 119 Å². The van der Waals surface area contributed by atoms with Crippen LogP contribution in [-0.4, -0.2) is 59.8 Å². The Balaban J connectivity index is 1.37. The molecule has 5 rings (SSSR count). The Morgan fingerprint density at radius 1 is 0.659 bits per heavy atom. The maximum atomic E-state index is 11.0. The third-order valence-corrected chi connectivity index (χ3v) is 7.70. The molecule has 1 atom stereocenters. The van der Waals surface area contributed by atoms with E-state index in [2.05, 4.69) is 6.58 Å². The molecule has 7 heteroatoms. The molecule has 1 unspecified atom stereocenters. The van der Waals surface area contributed by atoms with E-state index in [9.17, 15) is 25.5 Å². The second kappa shape index (κ2) is 12.1. The van der Waals surface area contributed by atoms with E-state index in [-0.39, 0.29) is 50.9 Å². The van der Waals surface area contributed by atoms with Crippen LogP contribution in [0.2, 0.25) is 0 Å². The van der Waals surface area contributed by atoms with E-state index >= 15 is 0 Å². The topological polar surface area (TPSA) is 108 Å². The van der Waals surface area contributed by atoms with Gasteiger partial charge in [0.05, 0.1) is 5.56 Å². The van der Waals surface area contributed by atoms with Gasteiger partial charge in [-0.1, -0.05) is 55.1 Å². The van der Waals surface area contributed by atoms with Crippen LogP contribution in [0.3, 0.4) is 0 Å². The van der Waals surface area contributed by atoms with Gasteiger partial charge in [-0.3, -0.25) is 0 Å². The van der Waals surface area contributed by atoms with E-state index in [0.29, 0.717) is 11.1 Å². The Bertz CT molecular complexity index is 1780. The quantitative estimate of drug-likeness (QED) is 0.189. The van der Waals surface area contributed by atoms with Crippen molar-refractivity contribution in [3.05, 3.63) is 142 Å². The fraction of sp³-hybridized carbons (Fsp3) is 0.135. The van der Waals surface area contributed by atoms with E-state index in [1.807, 2.05) is 98.7 Å². The van der Waals surface area contributed by atoms with Crippen molar-refractivity contribution in [2.75, 3.05) is 38.0 Å². The molecule has 0 radical (unpaired) electrons. The van der Waals surface area contributed by atoms with Crippen LogP contribution >= 0.6 is 0 Å². The zero-order valence-corrected chi connectivity index (χ0v) is 25.2. The summed E-state index contributed by atoms with van der Waals surface area (Å²) in [5.74, 6) is -0.979. The highest BCUT2D eigenvalue weighted by Crippen LogP contribution is 2.52. The Morgan fingerprint density at radius 3 is 1.59 bits per heavy atom. The smallest absolute Gasteiger partial charge is 0.132 e. The highest BCUT2D eigenvalue weighted by Gasteiger charge is 2.38. The number of hydrogen-bond donors (Lipinski definition) is 5. The summed E-state index contributed by atoms with van der Waals surface area (Å²) in [6.07, 6.45) is 9.15. The number of benzene rings is 3. The van der Waals surface area contributed by atoms with Gasteiger partial charge < -0.3 is 35.3 Å². The number of phenols is 2. The molecule has 224 valence electrons. The van der Waals surface area contributed by atoms with Crippen LogP contribution in [0, 0.1) is 0 Å². The van der Waals surface area contributed by atoms with Crippen molar-refractivity contribution in [3.63, 3.8) is 0 Å². The minimum Gasteiger partial charge on any atom is -0.508 e. The van der Waals surface area contributed by atoms with Gasteiger partial charge in [0.25, 0.3) is 0 Å². The Hall–Kier alpha value is -5.40. The summed E-state index contributed by atoms with van der Waals surface area (Å²) < 4.78 is 0. The van der Waals surface area contributed by atoms with Crippen LogP contribution in [0.4, 0.5) is 11.4 Å². The lowest BCUT2D eigenvalue weighted by molar-refractivity contribution is 0.243. The SMILES string of the molecule is C=C1C(=C2C(O)=CC(/C=C/c3ccc(N(C)C)cc3)=CC2O)C(O)=C1c1c(O)cc(/C=C/c2ccc(N(C)C)cc2)cc1O. The number of aliphatic hydroxyl groups is 3. The number of anilines is 2. The summed E-state index contributed by atoms with van der Waals surface area (Å²) in [6, 6.07) is 18.9. The number of nitrogens with zero attached hydrogens (tertiary/aromatic N) is 2. The molecule has 0 bridgehead atoms. The van der Waals surface area contributed by atoms with Gasteiger partial charge in [0.2, 0.25) is 0 Å². The number of phenolic OH excluding ortho intramolecular Hbond substituents is 2. The normalized spacial score (nSPS) is 18.5. The highest BCUT2D eigenvalue weighted by molar-refractivity contribution is 6.01. The first-order chi connectivity index (χ1) is 20.9. The fourth-order valence-corrected chi connectivity index (χ4v) is 5.25. The maximum Gasteiger partial charge on any atom is 0.132 e. The second-order valence-electron chi connectivity index (χ2n) is 11.2. The summed E-state index contributed by atoms with van der Waals surface area (Å²) in [4.78, 5) is 4.02. The zero-order chi connectivity index (χ0) is 31.7. The lowest BCUT2D eigenvalue weighted by Gasteiger charge is -2.31. The van der Waals surface area contributed by atoms with Crippen LogP contribution in [0.5, 0.6) is 11.5 Å². The predicted octanol–water partition coefficient (Wildman–Crippen LogP) is 6.99. The average molecular weight is 589 g/mol. The average Bonchev–Trinajstić information content (AvgIpc) is 2.98. The first-order valence-electron chi connectivity index (χ1n) is 14.1. The maximum absolute atomic E-state index is 11.0. The molecule has 0 heterocycles. The number of rotatable bonds is 7. The van der Waals surface area contributed by atoms with E-state index in [4.69, 9.17) is 0 Å².